The zero-order chi connectivity index (χ0) is 16.2. The van der Waals surface area contributed by atoms with Gasteiger partial charge in [-0.2, -0.15) is 0 Å². The molecule has 0 amide bonds. The minimum atomic E-state index is -0.464. The molecule has 23 heavy (non-hydrogen) atoms. The van der Waals surface area contributed by atoms with E-state index in [2.05, 4.69) is 0 Å². The molecule has 2 aromatic carbocycles. The van der Waals surface area contributed by atoms with Gasteiger partial charge in [0, 0.05) is 18.5 Å². The van der Waals surface area contributed by atoms with Crippen molar-refractivity contribution in [3.63, 3.8) is 0 Å². The monoisotopic (exact) mass is 308 g/mol. The SMILES string of the molecule is O=C(C=Cc1ccc(F)cc1)n1ccn(-c2ccccc2)c1=O. The van der Waals surface area contributed by atoms with Crippen molar-refractivity contribution in [3.8, 4) is 5.69 Å². The third-order valence-corrected chi connectivity index (χ3v) is 3.34. The smallest absolute Gasteiger partial charge is 0.269 e. The Labute approximate surface area is 131 Å². The molecule has 0 spiro atoms. The van der Waals surface area contributed by atoms with Crippen LogP contribution < -0.4 is 5.69 Å². The maximum Gasteiger partial charge on any atom is 0.339 e. The Morgan fingerprint density at radius 3 is 2.35 bits per heavy atom. The summed E-state index contributed by atoms with van der Waals surface area (Å²) >= 11 is 0. The molecule has 0 atom stereocenters. The fourth-order valence-corrected chi connectivity index (χ4v) is 2.15. The lowest BCUT2D eigenvalue weighted by Gasteiger charge is -1.99. The van der Waals surface area contributed by atoms with Gasteiger partial charge in [0.1, 0.15) is 5.82 Å². The average molecular weight is 308 g/mol. The molecule has 0 N–H and O–H groups in total. The molecule has 0 aliphatic carbocycles. The third-order valence-electron chi connectivity index (χ3n) is 3.34. The summed E-state index contributed by atoms with van der Waals surface area (Å²) in [4.78, 5) is 24.4. The summed E-state index contributed by atoms with van der Waals surface area (Å²) in [5.41, 5.74) is 0.923. The van der Waals surface area contributed by atoms with Gasteiger partial charge < -0.3 is 0 Å². The Balaban J connectivity index is 1.85. The van der Waals surface area contributed by atoms with E-state index >= 15 is 0 Å². The molecule has 1 aromatic heterocycles. The summed E-state index contributed by atoms with van der Waals surface area (Å²) in [7, 11) is 0. The molecule has 4 nitrogen and oxygen atoms in total. The van der Waals surface area contributed by atoms with E-state index in [1.54, 1.807) is 30.5 Å². The molecule has 114 valence electrons. The molecule has 0 aliphatic rings. The number of rotatable bonds is 3. The summed E-state index contributed by atoms with van der Waals surface area (Å²) in [6.45, 7) is 0. The van der Waals surface area contributed by atoms with Gasteiger partial charge in [0.2, 0.25) is 0 Å². The van der Waals surface area contributed by atoms with Crippen LogP contribution in [0.1, 0.15) is 10.4 Å². The molecule has 0 bridgehead atoms. The average Bonchev–Trinajstić information content (AvgIpc) is 2.96. The molecular formula is C18H13FN2O2. The number of carbonyl (C=O) groups is 1. The van der Waals surface area contributed by atoms with Gasteiger partial charge in [-0.1, -0.05) is 30.3 Å². The standard InChI is InChI=1S/C18H13FN2O2/c19-15-9-6-14(7-10-15)8-11-17(22)21-13-12-20(18(21)23)16-4-2-1-3-5-16/h1-13H. The van der Waals surface area contributed by atoms with Gasteiger partial charge in [0.15, 0.2) is 0 Å². The van der Waals surface area contributed by atoms with Gasteiger partial charge in [-0.05, 0) is 35.9 Å². The van der Waals surface area contributed by atoms with Gasteiger partial charge in [-0.3, -0.25) is 9.36 Å². The van der Waals surface area contributed by atoms with Crippen LogP contribution in [0.5, 0.6) is 0 Å². The van der Waals surface area contributed by atoms with Crippen LogP contribution in [0.15, 0.2) is 77.9 Å². The highest BCUT2D eigenvalue weighted by Gasteiger charge is 2.09. The lowest BCUT2D eigenvalue weighted by Crippen LogP contribution is -2.26. The van der Waals surface area contributed by atoms with Crippen LogP contribution in [0.2, 0.25) is 0 Å². The molecule has 0 saturated carbocycles. The minimum Gasteiger partial charge on any atom is -0.269 e. The molecule has 0 saturated heterocycles. The zero-order valence-corrected chi connectivity index (χ0v) is 12.1. The maximum atomic E-state index is 12.8. The Morgan fingerprint density at radius 1 is 0.957 bits per heavy atom. The first-order chi connectivity index (χ1) is 11.1. The first-order valence-electron chi connectivity index (χ1n) is 6.98. The van der Waals surface area contributed by atoms with Crippen molar-refractivity contribution in [2.24, 2.45) is 0 Å². The maximum absolute atomic E-state index is 12.8. The lowest BCUT2D eigenvalue weighted by atomic mass is 10.2. The van der Waals surface area contributed by atoms with E-state index in [0.29, 0.717) is 11.3 Å². The largest absolute Gasteiger partial charge is 0.339 e. The molecule has 0 fully saturated rings. The van der Waals surface area contributed by atoms with Gasteiger partial charge in [0.05, 0.1) is 5.69 Å². The summed E-state index contributed by atoms with van der Waals surface area (Å²) < 4.78 is 15.2. The van der Waals surface area contributed by atoms with E-state index in [4.69, 9.17) is 0 Å². The molecule has 3 rings (SSSR count). The second-order valence-electron chi connectivity index (χ2n) is 4.88. The van der Waals surface area contributed by atoms with E-state index in [0.717, 1.165) is 4.57 Å². The van der Waals surface area contributed by atoms with Crippen LogP contribution in [0.3, 0.4) is 0 Å². The van der Waals surface area contributed by atoms with E-state index < -0.39 is 11.6 Å². The van der Waals surface area contributed by atoms with E-state index in [-0.39, 0.29) is 5.82 Å². The normalized spacial score (nSPS) is 11.0. The first-order valence-corrected chi connectivity index (χ1v) is 6.98. The number of hydrogen-bond acceptors (Lipinski definition) is 2. The highest BCUT2D eigenvalue weighted by Crippen LogP contribution is 2.06. The van der Waals surface area contributed by atoms with E-state index in [9.17, 15) is 14.0 Å². The Kier molecular flexibility index (Phi) is 4.01. The van der Waals surface area contributed by atoms with Crippen molar-refractivity contribution in [1.82, 2.24) is 9.13 Å². The number of hydrogen-bond donors (Lipinski definition) is 0. The predicted octanol–water partition coefficient (Wildman–Crippen LogP) is 3.13. The number of carbonyl (C=O) groups excluding carboxylic acids is 1. The van der Waals surface area contributed by atoms with Crippen LogP contribution in [0, 0.1) is 5.82 Å². The van der Waals surface area contributed by atoms with Crippen molar-refractivity contribution < 1.29 is 9.18 Å². The number of benzene rings is 2. The van der Waals surface area contributed by atoms with Crippen molar-refractivity contribution in [3.05, 3.63) is 94.9 Å². The number of aromatic nitrogens is 2. The molecule has 3 aromatic rings. The molecule has 1 heterocycles. The molecular weight excluding hydrogens is 295 g/mol. The topological polar surface area (TPSA) is 44.0 Å². The van der Waals surface area contributed by atoms with Crippen LogP contribution in [0.4, 0.5) is 4.39 Å². The fourth-order valence-electron chi connectivity index (χ4n) is 2.15. The Morgan fingerprint density at radius 2 is 1.65 bits per heavy atom. The van der Waals surface area contributed by atoms with E-state index in [1.165, 1.54) is 35.0 Å². The van der Waals surface area contributed by atoms with Crippen LogP contribution in [-0.2, 0) is 0 Å². The fraction of sp³-hybridized carbons (Fsp3) is 0. The third kappa shape index (κ3) is 3.18. The highest BCUT2D eigenvalue weighted by atomic mass is 19.1. The molecule has 5 heteroatoms. The highest BCUT2D eigenvalue weighted by molar-refractivity contribution is 5.93. The number of para-hydroxylation sites is 1. The first kappa shape index (κ1) is 14.7. The lowest BCUT2D eigenvalue weighted by molar-refractivity contribution is 0.0965. The minimum absolute atomic E-state index is 0.343. The predicted molar refractivity (Wildman–Crippen MR) is 86.1 cm³/mol. The van der Waals surface area contributed by atoms with Crippen molar-refractivity contribution in [2.45, 2.75) is 0 Å². The van der Waals surface area contributed by atoms with E-state index in [1.807, 2.05) is 18.2 Å². The summed E-state index contributed by atoms with van der Waals surface area (Å²) in [5, 5.41) is 0. The Bertz CT molecular complexity index is 906. The summed E-state index contributed by atoms with van der Waals surface area (Å²) in [6, 6.07) is 14.8. The quantitative estimate of drug-likeness (QED) is 0.698. The number of allylic oxidation sites excluding steroid dienone is 1. The summed E-state index contributed by atoms with van der Waals surface area (Å²) in [6.07, 6.45) is 5.78. The van der Waals surface area contributed by atoms with Crippen LogP contribution in [-0.4, -0.2) is 15.0 Å². The number of imidazole rings is 1. The molecule has 0 aliphatic heterocycles. The van der Waals surface area contributed by atoms with Gasteiger partial charge >= 0.3 is 5.69 Å². The number of nitrogens with zero attached hydrogens (tertiary/aromatic N) is 2. The zero-order valence-electron chi connectivity index (χ0n) is 12.1. The van der Waals surface area contributed by atoms with Gasteiger partial charge in [-0.25, -0.2) is 13.8 Å². The molecule has 0 unspecified atom stereocenters. The van der Waals surface area contributed by atoms with Crippen LogP contribution in [0.25, 0.3) is 11.8 Å². The van der Waals surface area contributed by atoms with Gasteiger partial charge in [0.25, 0.3) is 5.91 Å². The molecule has 0 radical (unpaired) electrons. The van der Waals surface area contributed by atoms with Crippen molar-refractivity contribution >= 4 is 12.0 Å². The Hall–Kier alpha value is -3.21. The van der Waals surface area contributed by atoms with Gasteiger partial charge in [-0.15, -0.1) is 0 Å². The second kappa shape index (κ2) is 6.27. The second-order valence-corrected chi connectivity index (χ2v) is 4.88. The van der Waals surface area contributed by atoms with Crippen LogP contribution >= 0.6 is 0 Å². The summed E-state index contributed by atoms with van der Waals surface area (Å²) in [5.74, 6) is -0.807. The van der Waals surface area contributed by atoms with Crippen molar-refractivity contribution in [2.75, 3.05) is 0 Å². The van der Waals surface area contributed by atoms with Crippen molar-refractivity contribution in [1.29, 1.82) is 0 Å². The number of halogens is 1.